The van der Waals surface area contributed by atoms with E-state index in [9.17, 15) is 5.11 Å². The van der Waals surface area contributed by atoms with Gasteiger partial charge in [-0.25, -0.2) is 4.98 Å². The normalized spacial score (nSPS) is 14.9. The minimum Gasteiger partial charge on any atom is -0.386 e. The van der Waals surface area contributed by atoms with Crippen molar-refractivity contribution < 1.29 is 9.84 Å². The van der Waals surface area contributed by atoms with E-state index in [0.717, 1.165) is 6.42 Å². The molecule has 1 heterocycles. The highest BCUT2D eigenvalue weighted by molar-refractivity contribution is 5.40. The van der Waals surface area contributed by atoms with Gasteiger partial charge in [0.1, 0.15) is 11.9 Å². The second-order valence-corrected chi connectivity index (χ2v) is 3.32. The summed E-state index contributed by atoms with van der Waals surface area (Å²) in [6.45, 7) is 4.45. The van der Waals surface area contributed by atoms with Gasteiger partial charge in [-0.05, 0) is 19.4 Å². The van der Waals surface area contributed by atoms with Crippen molar-refractivity contribution in [1.82, 2.24) is 4.98 Å². The molecule has 1 rings (SSSR count). The van der Waals surface area contributed by atoms with Crippen LogP contribution >= 0.6 is 0 Å². The van der Waals surface area contributed by atoms with Crippen LogP contribution in [0.4, 0.5) is 5.82 Å². The average molecular weight is 210 g/mol. The third kappa shape index (κ3) is 2.91. The van der Waals surface area contributed by atoms with Crippen molar-refractivity contribution >= 4 is 5.82 Å². The molecule has 0 bridgehead atoms. The van der Waals surface area contributed by atoms with Gasteiger partial charge in [-0.1, -0.05) is 13.0 Å². The van der Waals surface area contributed by atoms with Crippen LogP contribution in [0.15, 0.2) is 18.3 Å². The zero-order valence-electron chi connectivity index (χ0n) is 9.18. The molecule has 0 aromatic carbocycles. The lowest BCUT2D eigenvalue weighted by atomic mass is 10.0. The molecule has 0 fully saturated rings. The van der Waals surface area contributed by atoms with Gasteiger partial charge in [-0.15, -0.1) is 0 Å². The molecule has 1 aromatic heterocycles. The number of nitrogens with zero attached hydrogens (tertiary/aromatic N) is 1. The number of rotatable bonds is 5. The Labute approximate surface area is 90.1 Å². The van der Waals surface area contributed by atoms with Gasteiger partial charge in [0.2, 0.25) is 0 Å². The second kappa shape index (κ2) is 5.68. The second-order valence-electron chi connectivity index (χ2n) is 3.32. The standard InChI is InChI=1S/C11H18N2O2/c1-3-9(15-4-2)10(14)8-6-5-7-13-11(8)12/h5-7,9-10,14H,3-4H2,1-2H3,(H2,12,13). The van der Waals surface area contributed by atoms with Crippen molar-refractivity contribution in [3.8, 4) is 0 Å². The van der Waals surface area contributed by atoms with Crippen LogP contribution in [-0.2, 0) is 4.74 Å². The minimum atomic E-state index is -0.705. The highest BCUT2D eigenvalue weighted by Crippen LogP contribution is 2.24. The van der Waals surface area contributed by atoms with Crippen LogP contribution in [0.5, 0.6) is 0 Å². The molecule has 0 aliphatic heterocycles. The van der Waals surface area contributed by atoms with Gasteiger partial charge >= 0.3 is 0 Å². The fraction of sp³-hybridized carbons (Fsp3) is 0.545. The van der Waals surface area contributed by atoms with E-state index in [4.69, 9.17) is 10.5 Å². The van der Waals surface area contributed by atoms with Crippen LogP contribution in [0.25, 0.3) is 0 Å². The van der Waals surface area contributed by atoms with Gasteiger partial charge < -0.3 is 15.6 Å². The van der Waals surface area contributed by atoms with E-state index in [1.165, 1.54) is 0 Å². The number of aliphatic hydroxyl groups is 1. The summed E-state index contributed by atoms with van der Waals surface area (Å²) < 4.78 is 5.43. The molecule has 1 aromatic rings. The maximum Gasteiger partial charge on any atom is 0.129 e. The largest absolute Gasteiger partial charge is 0.386 e. The summed E-state index contributed by atoms with van der Waals surface area (Å²) in [6, 6.07) is 3.53. The lowest BCUT2D eigenvalue weighted by Crippen LogP contribution is -2.22. The maximum absolute atomic E-state index is 10.0. The van der Waals surface area contributed by atoms with Crippen molar-refractivity contribution in [3.05, 3.63) is 23.9 Å². The van der Waals surface area contributed by atoms with Crippen molar-refractivity contribution in [2.45, 2.75) is 32.5 Å². The summed E-state index contributed by atoms with van der Waals surface area (Å²) in [5, 5.41) is 10.0. The van der Waals surface area contributed by atoms with Crippen molar-refractivity contribution in [2.24, 2.45) is 0 Å². The van der Waals surface area contributed by atoms with Crippen molar-refractivity contribution in [1.29, 1.82) is 0 Å². The van der Waals surface area contributed by atoms with E-state index in [-0.39, 0.29) is 6.10 Å². The summed E-state index contributed by atoms with van der Waals surface area (Å²) in [5.41, 5.74) is 6.32. The van der Waals surface area contributed by atoms with Gasteiger partial charge in [0.05, 0.1) is 6.10 Å². The Balaban J connectivity index is 2.82. The summed E-state index contributed by atoms with van der Waals surface area (Å²) in [6.07, 6.45) is 1.42. The van der Waals surface area contributed by atoms with Gasteiger partial charge in [0.25, 0.3) is 0 Å². The van der Waals surface area contributed by atoms with Crippen molar-refractivity contribution in [2.75, 3.05) is 12.3 Å². The zero-order valence-corrected chi connectivity index (χ0v) is 9.18. The number of aromatic nitrogens is 1. The summed E-state index contributed by atoms with van der Waals surface area (Å²) in [5.74, 6) is 0.364. The highest BCUT2D eigenvalue weighted by Gasteiger charge is 2.21. The van der Waals surface area contributed by atoms with Gasteiger partial charge in [-0.3, -0.25) is 0 Å². The molecule has 0 aliphatic carbocycles. The van der Waals surface area contributed by atoms with Crippen LogP contribution in [0.3, 0.4) is 0 Å². The molecule has 4 nitrogen and oxygen atoms in total. The Morgan fingerprint density at radius 2 is 2.27 bits per heavy atom. The van der Waals surface area contributed by atoms with Crippen LogP contribution < -0.4 is 5.73 Å². The van der Waals surface area contributed by atoms with E-state index >= 15 is 0 Å². The average Bonchev–Trinajstić information content (AvgIpc) is 2.25. The first kappa shape index (κ1) is 11.9. The van der Waals surface area contributed by atoms with E-state index in [1.54, 1.807) is 18.3 Å². The third-order valence-corrected chi connectivity index (χ3v) is 2.33. The number of anilines is 1. The third-order valence-electron chi connectivity index (χ3n) is 2.33. The summed E-state index contributed by atoms with van der Waals surface area (Å²) in [7, 11) is 0. The fourth-order valence-corrected chi connectivity index (χ4v) is 1.53. The van der Waals surface area contributed by atoms with Crippen molar-refractivity contribution in [3.63, 3.8) is 0 Å². The lowest BCUT2D eigenvalue weighted by molar-refractivity contribution is -0.0353. The van der Waals surface area contributed by atoms with Crippen LogP contribution in [-0.4, -0.2) is 22.8 Å². The number of nitrogens with two attached hydrogens (primary N) is 1. The molecule has 0 amide bonds. The molecule has 0 radical (unpaired) electrons. The molecule has 0 saturated heterocycles. The minimum absolute atomic E-state index is 0.221. The molecule has 2 unspecified atom stereocenters. The molecule has 4 heteroatoms. The number of ether oxygens (including phenoxy) is 1. The smallest absolute Gasteiger partial charge is 0.129 e. The van der Waals surface area contributed by atoms with E-state index in [1.807, 2.05) is 13.8 Å². The lowest BCUT2D eigenvalue weighted by Gasteiger charge is -2.22. The number of hydrogen-bond acceptors (Lipinski definition) is 4. The number of aliphatic hydroxyl groups excluding tert-OH is 1. The molecule has 84 valence electrons. The Kier molecular flexibility index (Phi) is 4.52. The predicted octanol–water partition coefficient (Wildman–Crippen LogP) is 1.51. The van der Waals surface area contributed by atoms with Gasteiger partial charge in [-0.2, -0.15) is 0 Å². The van der Waals surface area contributed by atoms with E-state index in [2.05, 4.69) is 4.98 Å². The maximum atomic E-state index is 10.0. The van der Waals surface area contributed by atoms with Gasteiger partial charge in [0.15, 0.2) is 0 Å². The summed E-state index contributed by atoms with van der Waals surface area (Å²) >= 11 is 0. The first-order valence-electron chi connectivity index (χ1n) is 5.20. The van der Waals surface area contributed by atoms with Crippen LogP contribution in [0, 0.1) is 0 Å². The molecular weight excluding hydrogens is 192 g/mol. The Morgan fingerprint density at radius 1 is 1.53 bits per heavy atom. The topological polar surface area (TPSA) is 68.4 Å². The molecule has 0 aliphatic rings. The van der Waals surface area contributed by atoms with Crippen LogP contribution in [0.2, 0.25) is 0 Å². The molecular formula is C11H18N2O2. The SMILES string of the molecule is CCOC(CC)C(O)c1cccnc1N. The molecule has 3 N–H and O–H groups in total. The first-order valence-corrected chi connectivity index (χ1v) is 5.20. The van der Waals surface area contributed by atoms with E-state index in [0.29, 0.717) is 18.0 Å². The monoisotopic (exact) mass is 210 g/mol. The zero-order chi connectivity index (χ0) is 11.3. The predicted molar refractivity (Wildman–Crippen MR) is 59.3 cm³/mol. The molecule has 2 atom stereocenters. The van der Waals surface area contributed by atoms with Crippen LogP contribution in [0.1, 0.15) is 31.9 Å². The fourth-order valence-electron chi connectivity index (χ4n) is 1.53. The van der Waals surface area contributed by atoms with Gasteiger partial charge in [0, 0.05) is 18.4 Å². The molecule has 0 spiro atoms. The number of pyridine rings is 1. The molecule has 15 heavy (non-hydrogen) atoms. The molecule has 0 saturated carbocycles. The Bertz CT molecular complexity index is 304. The summed E-state index contributed by atoms with van der Waals surface area (Å²) in [4.78, 5) is 3.94. The number of hydrogen-bond donors (Lipinski definition) is 2. The Morgan fingerprint density at radius 3 is 2.80 bits per heavy atom. The van der Waals surface area contributed by atoms with E-state index < -0.39 is 6.10 Å². The first-order chi connectivity index (χ1) is 7.20. The Hall–Kier alpha value is -1.13. The number of nitrogen functional groups attached to an aromatic ring is 1. The quantitative estimate of drug-likeness (QED) is 0.773. The highest BCUT2D eigenvalue weighted by atomic mass is 16.5.